The predicted octanol–water partition coefficient (Wildman–Crippen LogP) is 2.90. The molecule has 0 spiro atoms. The van der Waals surface area contributed by atoms with Crippen LogP contribution < -0.4 is 5.32 Å². The van der Waals surface area contributed by atoms with Gasteiger partial charge in [-0.1, -0.05) is 17.2 Å². The average molecular weight is 243 g/mol. The average Bonchev–Trinajstić information content (AvgIpc) is 2.59. The molecule has 0 saturated carbocycles. The van der Waals surface area contributed by atoms with Crippen LogP contribution in [0.1, 0.15) is 32.9 Å². The second-order valence-electron chi connectivity index (χ2n) is 4.64. The van der Waals surface area contributed by atoms with E-state index in [0.717, 1.165) is 28.2 Å². The summed E-state index contributed by atoms with van der Waals surface area (Å²) in [7, 11) is 0. The molecule has 0 unspecified atom stereocenters. The number of nitrogens with one attached hydrogen (secondary N) is 2. The fourth-order valence-corrected chi connectivity index (χ4v) is 2.03. The molecule has 1 heterocycles. The molecule has 2 N–H and O–H groups in total. The summed E-state index contributed by atoms with van der Waals surface area (Å²) >= 11 is 0. The smallest absolute Gasteiger partial charge is 0.255 e. The fourth-order valence-electron chi connectivity index (χ4n) is 2.03. The molecule has 1 aromatic heterocycles. The topological polar surface area (TPSA) is 57.8 Å². The van der Waals surface area contributed by atoms with Crippen molar-refractivity contribution in [1.29, 1.82) is 0 Å². The summed E-state index contributed by atoms with van der Waals surface area (Å²) < 4.78 is 0. The first-order chi connectivity index (χ1) is 8.47. The lowest BCUT2D eigenvalue weighted by atomic mass is 10.1. The van der Waals surface area contributed by atoms with Gasteiger partial charge in [-0.3, -0.25) is 9.89 Å². The van der Waals surface area contributed by atoms with Crippen molar-refractivity contribution in [2.24, 2.45) is 0 Å². The van der Waals surface area contributed by atoms with Crippen LogP contribution in [0.5, 0.6) is 0 Å². The van der Waals surface area contributed by atoms with Crippen molar-refractivity contribution < 1.29 is 4.79 Å². The van der Waals surface area contributed by atoms with Gasteiger partial charge in [0.25, 0.3) is 5.91 Å². The van der Waals surface area contributed by atoms with Gasteiger partial charge in [-0.15, -0.1) is 0 Å². The molecule has 94 valence electrons. The second-order valence-corrected chi connectivity index (χ2v) is 4.64. The number of amides is 1. The lowest BCUT2D eigenvalue weighted by Gasteiger charge is -2.07. The maximum Gasteiger partial charge on any atom is 0.255 e. The molecular formula is C14H17N3O. The number of aryl methyl sites for hydroxylation is 4. The van der Waals surface area contributed by atoms with Gasteiger partial charge in [0.2, 0.25) is 0 Å². The number of benzene rings is 1. The van der Waals surface area contributed by atoms with Crippen LogP contribution in [-0.4, -0.2) is 16.1 Å². The zero-order valence-electron chi connectivity index (χ0n) is 11.1. The minimum absolute atomic E-state index is 0.102. The van der Waals surface area contributed by atoms with E-state index in [-0.39, 0.29) is 5.91 Å². The molecule has 0 aliphatic heterocycles. The summed E-state index contributed by atoms with van der Waals surface area (Å²) in [4.78, 5) is 12.2. The Kier molecular flexibility index (Phi) is 3.19. The Balaban J connectivity index is 2.27. The van der Waals surface area contributed by atoms with Gasteiger partial charge in [0.15, 0.2) is 0 Å². The minimum Gasteiger partial charge on any atom is -0.319 e. The molecular weight excluding hydrogens is 226 g/mol. The van der Waals surface area contributed by atoms with E-state index in [4.69, 9.17) is 0 Å². The van der Waals surface area contributed by atoms with Crippen LogP contribution in [0.4, 0.5) is 5.69 Å². The van der Waals surface area contributed by atoms with E-state index in [1.54, 1.807) is 0 Å². The first-order valence-electron chi connectivity index (χ1n) is 5.88. The number of hydrogen-bond acceptors (Lipinski definition) is 2. The summed E-state index contributed by atoms with van der Waals surface area (Å²) in [6, 6.07) is 5.81. The van der Waals surface area contributed by atoms with E-state index < -0.39 is 0 Å². The predicted molar refractivity (Wildman–Crippen MR) is 71.9 cm³/mol. The summed E-state index contributed by atoms with van der Waals surface area (Å²) in [5.74, 6) is -0.102. The van der Waals surface area contributed by atoms with Gasteiger partial charge in [0.1, 0.15) is 0 Å². The van der Waals surface area contributed by atoms with Crippen LogP contribution in [0.3, 0.4) is 0 Å². The van der Waals surface area contributed by atoms with Gasteiger partial charge >= 0.3 is 0 Å². The monoisotopic (exact) mass is 243 g/mol. The number of rotatable bonds is 2. The molecule has 18 heavy (non-hydrogen) atoms. The molecule has 4 nitrogen and oxygen atoms in total. The van der Waals surface area contributed by atoms with Crippen LogP contribution in [0.25, 0.3) is 0 Å². The molecule has 0 saturated heterocycles. The van der Waals surface area contributed by atoms with Crippen molar-refractivity contribution >= 4 is 11.6 Å². The number of H-pyrrole nitrogens is 1. The highest BCUT2D eigenvalue weighted by Gasteiger charge is 2.12. The fraction of sp³-hybridized carbons (Fsp3) is 0.286. The van der Waals surface area contributed by atoms with E-state index in [2.05, 4.69) is 15.5 Å². The van der Waals surface area contributed by atoms with Crippen molar-refractivity contribution in [3.8, 4) is 0 Å². The van der Waals surface area contributed by atoms with Crippen LogP contribution in [0.2, 0.25) is 0 Å². The van der Waals surface area contributed by atoms with Crippen LogP contribution in [-0.2, 0) is 0 Å². The van der Waals surface area contributed by atoms with Gasteiger partial charge in [0.05, 0.1) is 17.1 Å². The van der Waals surface area contributed by atoms with Gasteiger partial charge in [0, 0.05) is 5.56 Å². The number of nitrogens with zero attached hydrogens (tertiary/aromatic N) is 1. The maximum atomic E-state index is 12.2. The van der Waals surface area contributed by atoms with Gasteiger partial charge in [-0.2, -0.15) is 5.10 Å². The summed E-state index contributed by atoms with van der Waals surface area (Å²) in [6.45, 7) is 7.72. The van der Waals surface area contributed by atoms with Gasteiger partial charge in [-0.25, -0.2) is 0 Å². The Hall–Kier alpha value is -2.10. The first kappa shape index (κ1) is 12.4. The number of carbonyl (C=O) groups excluding carboxylic acids is 1. The first-order valence-corrected chi connectivity index (χ1v) is 5.88. The molecule has 0 radical (unpaired) electrons. The summed E-state index contributed by atoms with van der Waals surface area (Å²) in [6.07, 6.45) is 0. The Morgan fingerprint density at radius 3 is 2.22 bits per heavy atom. The summed E-state index contributed by atoms with van der Waals surface area (Å²) in [5, 5.41) is 9.81. The molecule has 1 amide bonds. The van der Waals surface area contributed by atoms with Crippen molar-refractivity contribution in [3.05, 3.63) is 46.3 Å². The highest BCUT2D eigenvalue weighted by molar-refractivity contribution is 6.05. The van der Waals surface area contributed by atoms with E-state index in [0.29, 0.717) is 5.56 Å². The van der Waals surface area contributed by atoms with Crippen LogP contribution in [0, 0.1) is 27.7 Å². The maximum absolute atomic E-state index is 12.2. The molecule has 4 heteroatoms. The molecule has 0 aliphatic rings. The minimum atomic E-state index is -0.102. The largest absolute Gasteiger partial charge is 0.319 e. The van der Waals surface area contributed by atoms with Gasteiger partial charge < -0.3 is 5.32 Å². The Morgan fingerprint density at radius 2 is 1.72 bits per heavy atom. The standard InChI is InChI=1S/C14H17N3O/c1-8-5-9(2)7-12(6-8)14(18)15-13-10(3)16-17-11(13)4/h5-7H,1-4H3,(H,15,18)(H,16,17). The number of aromatic nitrogens is 2. The zero-order valence-corrected chi connectivity index (χ0v) is 11.1. The molecule has 0 bridgehead atoms. The third kappa shape index (κ3) is 2.42. The summed E-state index contributed by atoms with van der Waals surface area (Å²) in [5.41, 5.74) is 5.27. The van der Waals surface area contributed by atoms with E-state index in [1.165, 1.54) is 0 Å². The number of aromatic amines is 1. The number of carbonyl (C=O) groups is 1. The Bertz CT molecular complexity index is 559. The lowest BCUT2D eigenvalue weighted by Crippen LogP contribution is -2.13. The highest BCUT2D eigenvalue weighted by atomic mass is 16.1. The zero-order chi connectivity index (χ0) is 13.3. The van der Waals surface area contributed by atoms with E-state index in [9.17, 15) is 4.79 Å². The molecule has 2 aromatic rings. The third-order valence-electron chi connectivity index (χ3n) is 2.85. The highest BCUT2D eigenvalue weighted by Crippen LogP contribution is 2.18. The lowest BCUT2D eigenvalue weighted by molar-refractivity contribution is 0.102. The van der Waals surface area contributed by atoms with E-state index in [1.807, 2.05) is 45.9 Å². The number of anilines is 1. The molecule has 0 fully saturated rings. The van der Waals surface area contributed by atoms with Crippen LogP contribution in [0.15, 0.2) is 18.2 Å². The molecule has 0 atom stereocenters. The van der Waals surface area contributed by atoms with E-state index >= 15 is 0 Å². The second kappa shape index (κ2) is 4.64. The van der Waals surface area contributed by atoms with Crippen molar-refractivity contribution in [2.75, 3.05) is 5.32 Å². The quantitative estimate of drug-likeness (QED) is 0.852. The van der Waals surface area contributed by atoms with Crippen molar-refractivity contribution in [2.45, 2.75) is 27.7 Å². The third-order valence-corrected chi connectivity index (χ3v) is 2.85. The SMILES string of the molecule is Cc1cc(C)cc(C(=O)Nc2c(C)n[nH]c2C)c1. The molecule has 0 aliphatic carbocycles. The van der Waals surface area contributed by atoms with Crippen molar-refractivity contribution in [3.63, 3.8) is 0 Å². The van der Waals surface area contributed by atoms with Crippen molar-refractivity contribution in [1.82, 2.24) is 10.2 Å². The molecule has 2 rings (SSSR count). The Labute approximate surface area is 106 Å². The van der Waals surface area contributed by atoms with Gasteiger partial charge in [-0.05, 0) is 39.8 Å². The Morgan fingerprint density at radius 1 is 1.11 bits per heavy atom. The molecule has 1 aromatic carbocycles. The van der Waals surface area contributed by atoms with Crippen LogP contribution >= 0.6 is 0 Å². The normalized spacial score (nSPS) is 10.4. The number of hydrogen-bond donors (Lipinski definition) is 2.